The van der Waals surface area contributed by atoms with Crippen LogP contribution >= 0.6 is 0 Å². The number of aromatic carboxylic acids is 1. The van der Waals surface area contributed by atoms with E-state index in [1.165, 1.54) is 0 Å². The molecule has 0 saturated carbocycles. The van der Waals surface area contributed by atoms with E-state index in [4.69, 9.17) is 9.84 Å². The lowest BCUT2D eigenvalue weighted by Gasteiger charge is -2.06. The SMILES string of the molecule is Cc1cccc(OCc2ncc(C(=O)O)c(=O)[nH]2)c1. The summed E-state index contributed by atoms with van der Waals surface area (Å²) in [6, 6.07) is 7.43. The highest BCUT2D eigenvalue weighted by Gasteiger charge is 2.09. The van der Waals surface area contributed by atoms with Gasteiger partial charge in [0.25, 0.3) is 5.56 Å². The minimum absolute atomic E-state index is 0.0680. The molecular weight excluding hydrogens is 248 g/mol. The normalized spacial score (nSPS) is 10.2. The molecule has 0 aliphatic heterocycles. The van der Waals surface area contributed by atoms with Crippen LogP contribution in [-0.4, -0.2) is 21.0 Å². The Morgan fingerprint density at radius 1 is 1.47 bits per heavy atom. The van der Waals surface area contributed by atoms with Crippen LogP contribution in [0.3, 0.4) is 0 Å². The molecule has 19 heavy (non-hydrogen) atoms. The van der Waals surface area contributed by atoms with Crippen LogP contribution in [0.5, 0.6) is 5.75 Å². The number of hydrogen-bond donors (Lipinski definition) is 2. The van der Waals surface area contributed by atoms with Gasteiger partial charge in [-0.2, -0.15) is 0 Å². The first-order chi connectivity index (χ1) is 9.06. The number of hydrogen-bond acceptors (Lipinski definition) is 4. The first-order valence-electron chi connectivity index (χ1n) is 5.57. The maximum Gasteiger partial charge on any atom is 0.342 e. The van der Waals surface area contributed by atoms with Crippen molar-refractivity contribution in [3.63, 3.8) is 0 Å². The predicted octanol–water partition coefficient (Wildman–Crippen LogP) is 1.36. The van der Waals surface area contributed by atoms with Gasteiger partial charge in [-0.25, -0.2) is 9.78 Å². The third kappa shape index (κ3) is 3.19. The van der Waals surface area contributed by atoms with E-state index in [0.717, 1.165) is 11.8 Å². The number of carbonyl (C=O) groups is 1. The summed E-state index contributed by atoms with van der Waals surface area (Å²) in [6.07, 6.45) is 1.02. The second-order valence-corrected chi connectivity index (χ2v) is 3.98. The molecule has 0 spiro atoms. The second kappa shape index (κ2) is 5.34. The number of ether oxygens (including phenoxy) is 1. The van der Waals surface area contributed by atoms with Crippen molar-refractivity contribution in [2.24, 2.45) is 0 Å². The monoisotopic (exact) mass is 260 g/mol. The van der Waals surface area contributed by atoms with Crippen molar-refractivity contribution in [3.8, 4) is 5.75 Å². The van der Waals surface area contributed by atoms with Crippen molar-refractivity contribution >= 4 is 5.97 Å². The van der Waals surface area contributed by atoms with E-state index in [1.54, 1.807) is 6.07 Å². The first kappa shape index (κ1) is 12.8. The van der Waals surface area contributed by atoms with Crippen LogP contribution in [0.2, 0.25) is 0 Å². The quantitative estimate of drug-likeness (QED) is 0.865. The summed E-state index contributed by atoms with van der Waals surface area (Å²) in [5.41, 5.74) is -0.0233. The van der Waals surface area contributed by atoms with Crippen LogP contribution in [0.1, 0.15) is 21.7 Å². The van der Waals surface area contributed by atoms with E-state index in [0.29, 0.717) is 5.75 Å². The van der Waals surface area contributed by atoms with Crippen molar-refractivity contribution in [2.75, 3.05) is 0 Å². The molecule has 1 aromatic heterocycles. The van der Waals surface area contributed by atoms with E-state index in [9.17, 15) is 9.59 Å². The van der Waals surface area contributed by atoms with Crippen molar-refractivity contribution in [1.29, 1.82) is 0 Å². The molecule has 98 valence electrons. The Bertz CT molecular complexity index is 664. The zero-order valence-electron chi connectivity index (χ0n) is 10.2. The number of carboxylic acid groups (broad SMARTS) is 1. The third-order valence-electron chi connectivity index (χ3n) is 2.45. The molecule has 6 heteroatoms. The largest absolute Gasteiger partial charge is 0.486 e. The van der Waals surface area contributed by atoms with E-state index >= 15 is 0 Å². The minimum Gasteiger partial charge on any atom is -0.486 e. The maximum absolute atomic E-state index is 11.4. The average molecular weight is 260 g/mol. The fraction of sp³-hybridized carbons (Fsp3) is 0.154. The lowest BCUT2D eigenvalue weighted by Crippen LogP contribution is -2.20. The highest BCUT2D eigenvalue weighted by Crippen LogP contribution is 2.13. The summed E-state index contributed by atoms with van der Waals surface area (Å²) < 4.78 is 5.45. The van der Waals surface area contributed by atoms with Gasteiger partial charge in [0, 0.05) is 6.20 Å². The molecule has 0 amide bonds. The Balaban J connectivity index is 2.10. The molecule has 6 nitrogen and oxygen atoms in total. The van der Waals surface area contributed by atoms with Gasteiger partial charge in [-0.05, 0) is 24.6 Å². The van der Waals surface area contributed by atoms with Gasteiger partial charge in [0.1, 0.15) is 23.7 Å². The summed E-state index contributed by atoms with van der Waals surface area (Å²) in [5, 5.41) is 8.70. The van der Waals surface area contributed by atoms with Crippen molar-refractivity contribution in [1.82, 2.24) is 9.97 Å². The van der Waals surface area contributed by atoms with Crippen molar-refractivity contribution in [2.45, 2.75) is 13.5 Å². The van der Waals surface area contributed by atoms with Crippen molar-refractivity contribution < 1.29 is 14.6 Å². The van der Waals surface area contributed by atoms with Gasteiger partial charge in [0.05, 0.1) is 0 Å². The lowest BCUT2D eigenvalue weighted by atomic mass is 10.2. The summed E-state index contributed by atoms with van der Waals surface area (Å²) in [5.74, 6) is -0.374. The van der Waals surface area contributed by atoms with E-state index in [-0.39, 0.29) is 18.0 Å². The Morgan fingerprint density at radius 2 is 2.26 bits per heavy atom. The number of rotatable bonds is 4. The maximum atomic E-state index is 11.4. The van der Waals surface area contributed by atoms with Gasteiger partial charge in [-0.3, -0.25) is 4.79 Å². The summed E-state index contributed by atoms with van der Waals surface area (Å²) in [6.45, 7) is 2.01. The molecular formula is C13H12N2O4. The number of nitrogens with one attached hydrogen (secondary N) is 1. The van der Waals surface area contributed by atoms with Gasteiger partial charge >= 0.3 is 5.97 Å². The number of nitrogens with zero attached hydrogens (tertiary/aromatic N) is 1. The molecule has 2 aromatic rings. The molecule has 0 radical (unpaired) electrons. The number of aromatic amines is 1. The van der Waals surface area contributed by atoms with E-state index < -0.39 is 11.5 Å². The van der Waals surface area contributed by atoms with Crippen LogP contribution in [0.4, 0.5) is 0 Å². The number of H-pyrrole nitrogens is 1. The van der Waals surface area contributed by atoms with Crippen LogP contribution in [-0.2, 0) is 6.61 Å². The smallest absolute Gasteiger partial charge is 0.342 e. The third-order valence-corrected chi connectivity index (χ3v) is 2.45. The van der Waals surface area contributed by atoms with Crippen LogP contribution in [0.25, 0.3) is 0 Å². The van der Waals surface area contributed by atoms with Gasteiger partial charge in [-0.15, -0.1) is 0 Å². The van der Waals surface area contributed by atoms with Gasteiger partial charge in [0.2, 0.25) is 0 Å². The van der Waals surface area contributed by atoms with Gasteiger partial charge < -0.3 is 14.8 Å². The molecule has 0 aliphatic carbocycles. The van der Waals surface area contributed by atoms with Gasteiger partial charge in [0.15, 0.2) is 0 Å². The number of carboxylic acids is 1. The Kier molecular flexibility index (Phi) is 3.61. The van der Waals surface area contributed by atoms with Crippen LogP contribution < -0.4 is 10.3 Å². The highest BCUT2D eigenvalue weighted by molar-refractivity contribution is 5.86. The summed E-state index contributed by atoms with van der Waals surface area (Å²) >= 11 is 0. The zero-order chi connectivity index (χ0) is 13.8. The topological polar surface area (TPSA) is 92.3 Å². The molecule has 0 aliphatic rings. The zero-order valence-corrected chi connectivity index (χ0v) is 10.2. The minimum atomic E-state index is -1.31. The van der Waals surface area contributed by atoms with Crippen LogP contribution in [0, 0.1) is 6.92 Å². The summed E-state index contributed by atoms with van der Waals surface area (Å²) in [7, 11) is 0. The molecule has 0 atom stereocenters. The van der Waals surface area contributed by atoms with Crippen LogP contribution in [0.15, 0.2) is 35.3 Å². The lowest BCUT2D eigenvalue weighted by molar-refractivity contribution is 0.0694. The second-order valence-electron chi connectivity index (χ2n) is 3.98. The predicted molar refractivity (Wildman–Crippen MR) is 67.3 cm³/mol. The van der Waals surface area contributed by atoms with Gasteiger partial charge in [-0.1, -0.05) is 12.1 Å². The summed E-state index contributed by atoms with van der Waals surface area (Å²) in [4.78, 5) is 28.3. The molecule has 0 unspecified atom stereocenters. The Labute approximate surface area is 108 Å². The fourth-order valence-electron chi connectivity index (χ4n) is 1.51. The van der Waals surface area contributed by atoms with E-state index in [1.807, 2.05) is 25.1 Å². The van der Waals surface area contributed by atoms with E-state index in [2.05, 4.69) is 9.97 Å². The molecule has 1 aromatic carbocycles. The molecule has 2 N–H and O–H groups in total. The molecule has 2 rings (SSSR count). The average Bonchev–Trinajstić information content (AvgIpc) is 2.36. The number of aryl methyl sites for hydroxylation is 1. The molecule has 1 heterocycles. The first-order valence-corrected chi connectivity index (χ1v) is 5.57. The molecule has 0 saturated heterocycles. The Hall–Kier alpha value is -2.63. The number of benzene rings is 1. The highest BCUT2D eigenvalue weighted by atomic mass is 16.5. The molecule has 0 bridgehead atoms. The van der Waals surface area contributed by atoms with Crippen molar-refractivity contribution in [3.05, 3.63) is 57.8 Å². The fourth-order valence-corrected chi connectivity index (χ4v) is 1.51. The molecule has 0 fully saturated rings. The number of aromatic nitrogens is 2. The Morgan fingerprint density at radius 3 is 2.89 bits per heavy atom. The standard InChI is InChI=1S/C13H12N2O4/c1-8-3-2-4-9(5-8)19-7-11-14-6-10(13(17)18)12(16)15-11/h2-6H,7H2,1H3,(H,17,18)(H,14,15,16).